The van der Waals surface area contributed by atoms with E-state index >= 15 is 0 Å². The minimum absolute atomic E-state index is 0.387. The van der Waals surface area contributed by atoms with Gasteiger partial charge in [0.25, 0.3) is 0 Å². The van der Waals surface area contributed by atoms with Gasteiger partial charge in [0.15, 0.2) is 0 Å². The van der Waals surface area contributed by atoms with E-state index in [-0.39, 0.29) is 0 Å². The molecule has 0 atom stereocenters. The van der Waals surface area contributed by atoms with E-state index in [0.717, 1.165) is 48.1 Å². The van der Waals surface area contributed by atoms with Crippen LogP contribution in [0, 0.1) is 5.92 Å². The molecule has 0 amide bonds. The fraction of sp³-hybridized carbons (Fsp3) is 0.296. The van der Waals surface area contributed by atoms with Crippen LogP contribution in [-0.2, 0) is 6.61 Å². The number of nitrogens with zero attached hydrogens (tertiary/aromatic N) is 4. The molecule has 2 aromatic carbocycles. The first-order chi connectivity index (χ1) is 17.5. The number of pyridine rings is 1. The van der Waals surface area contributed by atoms with Gasteiger partial charge in [-0.05, 0) is 69.2 Å². The van der Waals surface area contributed by atoms with Crippen molar-refractivity contribution in [2.75, 3.05) is 37.8 Å². The highest BCUT2D eigenvalue weighted by atomic mass is 35.5. The van der Waals surface area contributed by atoms with Crippen molar-refractivity contribution >= 4 is 39.7 Å². The van der Waals surface area contributed by atoms with Crippen LogP contribution in [0.1, 0.15) is 18.4 Å². The summed E-state index contributed by atoms with van der Waals surface area (Å²) >= 11 is 6.48. The molecule has 186 valence electrons. The summed E-state index contributed by atoms with van der Waals surface area (Å²) in [5.74, 6) is 2.42. The number of hydrogen-bond donors (Lipinski definition) is 2. The van der Waals surface area contributed by atoms with Gasteiger partial charge in [-0.25, -0.2) is 9.97 Å². The summed E-state index contributed by atoms with van der Waals surface area (Å²) in [5.41, 5.74) is 9.41. The normalized spacial score (nSPS) is 14.6. The Kier molecular flexibility index (Phi) is 7.34. The van der Waals surface area contributed by atoms with Crippen molar-refractivity contribution in [3.8, 4) is 11.5 Å². The van der Waals surface area contributed by atoms with Gasteiger partial charge in [-0.2, -0.15) is 0 Å². The predicted octanol–water partition coefficient (Wildman–Crippen LogP) is 5.30. The Labute approximate surface area is 215 Å². The molecule has 1 saturated heterocycles. The number of fused-ring (bicyclic) bond motifs is 1. The Morgan fingerprint density at radius 1 is 1.08 bits per heavy atom. The average Bonchev–Trinajstić information content (AvgIpc) is 2.89. The molecular weight excluding hydrogens is 476 g/mol. The summed E-state index contributed by atoms with van der Waals surface area (Å²) in [6.07, 6.45) is 7.29. The molecule has 5 rings (SSSR count). The molecule has 0 aliphatic carbocycles. The van der Waals surface area contributed by atoms with Crippen molar-refractivity contribution in [2.24, 2.45) is 5.92 Å². The van der Waals surface area contributed by atoms with Crippen LogP contribution in [0.3, 0.4) is 0 Å². The number of piperidine rings is 1. The Hall–Kier alpha value is -3.62. The van der Waals surface area contributed by atoms with Gasteiger partial charge in [-0.3, -0.25) is 4.98 Å². The largest absolute Gasteiger partial charge is 0.491 e. The van der Waals surface area contributed by atoms with Crippen LogP contribution in [-0.4, -0.2) is 46.6 Å². The third-order valence-corrected chi connectivity index (χ3v) is 6.69. The molecule has 9 heteroatoms. The molecular formula is C27H29ClN6O2. The van der Waals surface area contributed by atoms with E-state index < -0.39 is 0 Å². The first-order valence-electron chi connectivity index (χ1n) is 12.0. The highest BCUT2D eigenvalue weighted by Gasteiger charge is 2.18. The lowest BCUT2D eigenvalue weighted by Gasteiger charge is -2.28. The lowest BCUT2D eigenvalue weighted by molar-refractivity contribution is 0.160. The van der Waals surface area contributed by atoms with Gasteiger partial charge in [0, 0.05) is 35.1 Å². The molecule has 0 unspecified atom stereocenters. The smallest absolute Gasteiger partial charge is 0.144 e. The molecule has 2 aromatic heterocycles. The zero-order valence-electron chi connectivity index (χ0n) is 20.2. The van der Waals surface area contributed by atoms with E-state index in [0.29, 0.717) is 47.2 Å². The number of aromatic nitrogens is 3. The monoisotopic (exact) mass is 504 g/mol. The molecule has 36 heavy (non-hydrogen) atoms. The number of nitrogens with one attached hydrogen (secondary N) is 1. The van der Waals surface area contributed by atoms with Crippen LogP contribution < -0.4 is 20.5 Å². The minimum atomic E-state index is 0.387. The number of likely N-dealkylation sites (tertiary alicyclic amines) is 1. The standard InChI is InChI=1S/C27H29ClN6O2/c1-34-9-6-18(7-10-34)15-36-26-13-24-21(12-23(26)29)27(32-17-31-24)33-20-4-5-25(22(28)11-20)35-16-19-3-2-8-30-14-19/h2-5,8,11-14,17-18H,6-7,9-10,15-16,29H2,1H3,(H,31,32,33). The van der Waals surface area contributed by atoms with Crippen molar-refractivity contribution in [3.05, 3.63) is 71.8 Å². The van der Waals surface area contributed by atoms with E-state index in [4.69, 9.17) is 26.8 Å². The first kappa shape index (κ1) is 24.1. The Morgan fingerprint density at radius 2 is 1.94 bits per heavy atom. The summed E-state index contributed by atoms with van der Waals surface area (Å²) in [7, 11) is 2.16. The summed E-state index contributed by atoms with van der Waals surface area (Å²) < 4.78 is 11.9. The molecule has 1 fully saturated rings. The lowest BCUT2D eigenvalue weighted by Crippen LogP contribution is -2.32. The quantitative estimate of drug-likeness (QED) is 0.312. The maximum atomic E-state index is 6.48. The second-order valence-electron chi connectivity index (χ2n) is 9.11. The Bertz CT molecular complexity index is 1330. The van der Waals surface area contributed by atoms with Crippen molar-refractivity contribution < 1.29 is 9.47 Å². The highest BCUT2D eigenvalue weighted by Crippen LogP contribution is 2.34. The number of nitrogen functional groups attached to an aromatic ring is 1. The number of hydrogen-bond acceptors (Lipinski definition) is 8. The van der Waals surface area contributed by atoms with Crippen molar-refractivity contribution in [2.45, 2.75) is 19.4 Å². The minimum Gasteiger partial charge on any atom is -0.491 e. The van der Waals surface area contributed by atoms with Gasteiger partial charge in [0.05, 0.1) is 22.8 Å². The van der Waals surface area contributed by atoms with Crippen molar-refractivity contribution in [1.82, 2.24) is 19.9 Å². The van der Waals surface area contributed by atoms with E-state index in [1.54, 1.807) is 18.5 Å². The van der Waals surface area contributed by atoms with Crippen LogP contribution in [0.15, 0.2) is 61.2 Å². The first-order valence-corrected chi connectivity index (χ1v) is 12.4. The van der Waals surface area contributed by atoms with E-state index in [9.17, 15) is 0 Å². The molecule has 0 radical (unpaired) electrons. The maximum absolute atomic E-state index is 6.48. The predicted molar refractivity (Wildman–Crippen MR) is 143 cm³/mol. The fourth-order valence-electron chi connectivity index (χ4n) is 4.24. The lowest BCUT2D eigenvalue weighted by atomic mass is 9.98. The molecule has 0 saturated carbocycles. The van der Waals surface area contributed by atoms with Crippen LogP contribution >= 0.6 is 11.6 Å². The molecule has 4 aromatic rings. The fourth-order valence-corrected chi connectivity index (χ4v) is 4.47. The van der Waals surface area contributed by atoms with Crippen LogP contribution in [0.4, 0.5) is 17.2 Å². The summed E-state index contributed by atoms with van der Waals surface area (Å²) in [6.45, 7) is 3.25. The molecule has 0 bridgehead atoms. The Balaban J connectivity index is 1.28. The molecule has 3 N–H and O–H groups in total. The molecule has 1 aliphatic heterocycles. The number of rotatable bonds is 8. The van der Waals surface area contributed by atoms with E-state index in [2.05, 4.69) is 32.2 Å². The van der Waals surface area contributed by atoms with E-state index in [1.165, 1.54) is 6.33 Å². The SMILES string of the molecule is CN1CCC(COc2cc3ncnc(Nc4ccc(OCc5cccnc5)c(Cl)c4)c3cc2N)CC1. The third-order valence-electron chi connectivity index (χ3n) is 6.39. The second-order valence-corrected chi connectivity index (χ2v) is 9.51. The van der Waals surface area contributed by atoms with Gasteiger partial charge < -0.3 is 25.4 Å². The van der Waals surface area contributed by atoms with Crippen LogP contribution in [0.25, 0.3) is 10.9 Å². The molecule has 1 aliphatic rings. The Morgan fingerprint density at radius 3 is 2.72 bits per heavy atom. The van der Waals surface area contributed by atoms with Gasteiger partial charge in [0.2, 0.25) is 0 Å². The number of anilines is 3. The summed E-state index contributed by atoms with van der Waals surface area (Å²) in [5, 5.41) is 4.61. The van der Waals surface area contributed by atoms with E-state index in [1.807, 2.05) is 36.4 Å². The number of benzene rings is 2. The number of halogens is 1. The van der Waals surface area contributed by atoms with Crippen molar-refractivity contribution in [1.29, 1.82) is 0 Å². The van der Waals surface area contributed by atoms with Crippen molar-refractivity contribution in [3.63, 3.8) is 0 Å². The maximum Gasteiger partial charge on any atom is 0.144 e. The third kappa shape index (κ3) is 5.78. The second kappa shape index (κ2) is 11.0. The van der Waals surface area contributed by atoms with Crippen LogP contribution in [0.2, 0.25) is 5.02 Å². The van der Waals surface area contributed by atoms with Gasteiger partial charge in [-0.15, -0.1) is 0 Å². The zero-order valence-corrected chi connectivity index (χ0v) is 20.9. The van der Waals surface area contributed by atoms with Gasteiger partial charge in [0.1, 0.15) is 30.3 Å². The van der Waals surface area contributed by atoms with Gasteiger partial charge >= 0.3 is 0 Å². The summed E-state index contributed by atoms with van der Waals surface area (Å²) in [6, 6.07) is 13.1. The van der Waals surface area contributed by atoms with Gasteiger partial charge in [-0.1, -0.05) is 17.7 Å². The topological polar surface area (TPSA) is 98.4 Å². The molecule has 3 heterocycles. The highest BCUT2D eigenvalue weighted by molar-refractivity contribution is 6.32. The van der Waals surface area contributed by atoms with Crippen LogP contribution in [0.5, 0.6) is 11.5 Å². The summed E-state index contributed by atoms with van der Waals surface area (Å²) in [4.78, 5) is 15.3. The number of nitrogens with two attached hydrogens (primary N) is 1. The average molecular weight is 505 g/mol. The molecule has 8 nitrogen and oxygen atoms in total. The zero-order chi connectivity index (χ0) is 24.9. The number of ether oxygens (including phenoxy) is 2. The molecule has 0 spiro atoms.